The second-order valence-corrected chi connectivity index (χ2v) is 3.20. The maximum atomic E-state index is 11.7. The fourth-order valence-corrected chi connectivity index (χ4v) is 1.01. The maximum absolute atomic E-state index is 11.7. The quantitative estimate of drug-likeness (QED) is 0.659. The highest BCUT2D eigenvalue weighted by Crippen LogP contribution is 2.00. The number of rotatable bonds is 7. The van der Waals surface area contributed by atoms with Crippen LogP contribution >= 0.6 is 0 Å². The summed E-state index contributed by atoms with van der Waals surface area (Å²) < 4.78 is 32.8. The van der Waals surface area contributed by atoms with Gasteiger partial charge in [0.1, 0.15) is 12.4 Å². The van der Waals surface area contributed by atoms with E-state index in [4.69, 9.17) is 4.52 Å². The standard InChI is InChI=1S/C9H12F2N2O3/c1-6(14)4-9-12-8(13-16-9)2-3-15-5-7(10)11/h7H,2-5H2,1H3. The Bertz CT molecular complexity index is 341. The molecule has 90 valence electrons. The maximum Gasteiger partial charge on any atom is 0.261 e. The third-order valence-corrected chi connectivity index (χ3v) is 1.62. The van der Waals surface area contributed by atoms with Gasteiger partial charge in [-0.1, -0.05) is 5.16 Å². The predicted molar refractivity (Wildman–Crippen MR) is 49.2 cm³/mol. The van der Waals surface area contributed by atoms with Gasteiger partial charge in [-0.2, -0.15) is 4.98 Å². The molecule has 7 heteroatoms. The molecular weight excluding hydrogens is 222 g/mol. The van der Waals surface area contributed by atoms with Crippen LogP contribution in [0, 0.1) is 0 Å². The van der Waals surface area contributed by atoms with Gasteiger partial charge in [0.25, 0.3) is 6.43 Å². The minimum atomic E-state index is -2.47. The van der Waals surface area contributed by atoms with Crippen molar-refractivity contribution in [3.05, 3.63) is 11.7 Å². The summed E-state index contributed by atoms with van der Waals surface area (Å²) in [6, 6.07) is 0. The van der Waals surface area contributed by atoms with Crippen LogP contribution in [0.15, 0.2) is 4.52 Å². The zero-order valence-corrected chi connectivity index (χ0v) is 8.78. The second kappa shape index (κ2) is 6.26. The number of hydrogen-bond acceptors (Lipinski definition) is 5. The summed E-state index contributed by atoms with van der Waals surface area (Å²) in [7, 11) is 0. The number of hydrogen-bond donors (Lipinski definition) is 0. The lowest BCUT2D eigenvalue weighted by Crippen LogP contribution is -2.07. The molecule has 5 nitrogen and oxygen atoms in total. The lowest BCUT2D eigenvalue weighted by molar-refractivity contribution is -0.116. The number of halogens is 2. The van der Waals surface area contributed by atoms with Gasteiger partial charge < -0.3 is 9.26 Å². The third-order valence-electron chi connectivity index (χ3n) is 1.62. The molecule has 0 fully saturated rings. The number of carbonyl (C=O) groups is 1. The Morgan fingerprint density at radius 3 is 2.94 bits per heavy atom. The minimum Gasteiger partial charge on any atom is -0.375 e. The monoisotopic (exact) mass is 234 g/mol. The Labute approximate surface area is 90.8 Å². The summed E-state index contributed by atoms with van der Waals surface area (Å²) in [4.78, 5) is 14.6. The minimum absolute atomic E-state index is 0.0795. The summed E-state index contributed by atoms with van der Waals surface area (Å²) in [5.74, 6) is 0.506. The van der Waals surface area contributed by atoms with Crippen LogP contribution in [0.25, 0.3) is 0 Å². The molecule has 0 bridgehead atoms. The first-order chi connectivity index (χ1) is 7.58. The average molecular weight is 234 g/mol. The Balaban J connectivity index is 2.26. The SMILES string of the molecule is CC(=O)Cc1nc(CCOCC(F)F)no1. The number of carbonyl (C=O) groups excluding carboxylic acids is 1. The van der Waals surface area contributed by atoms with E-state index >= 15 is 0 Å². The van der Waals surface area contributed by atoms with Crippen LogP contribution < -0.4 is 0 Å². The van der Waals surface area contributed by atoms with Crippen LogP contribution in [0.5, 0.6) is 0 Å². The fourth-order valence-electron chi connectivity index (χ4n) is 1.01. The van der Waals surface area contributed by atoms with Gasteiger partial charge >= 0.3 is 0 Å². The van der Waals surface area contributed by atoms with E-state index in [0.29, 0.717) is 5.82 Å². The van der Waals surface area contributed by atoms with Crippen LogP contribution in [0.4, 0.5) is 8.78 Å². The van der Waals surface area contributed by atoms with Crippen LogP contribution in [-0.4, -0.2) is 35.6 Å². The molecule has 16 heavy (non-hydrogen) atoms. The Kier molecular flexibility index (Phi) is 4.97. The van der Waals surface area contributed by atoms with Gasteiger partial charge in [0.15, 0.2) is 5.82 Å². The van der Waals surface area contributed by atoms with Crippen LogP contribution in [0.2, 0.25) is 0 Å². The van der Waals surface area contributed by atoms with Crippen molar-refractivity contribution < 1.29 is 22.8 Å². The van der Waals surface area contributed by atoms with Gasteiger partial charge in [-0.05, 0) is 6.92 Å². The van der Waals surface area contributed by atoms with Crippen molar-refractivity contribution in [3.8, 4) is 0 Å². The largest absolute Gasteiger partial charge is 0.375 e. The van der Waals surface area contributed by atoms with Crippen molar-refractivity contribution in [3.63, 3.8) is 0 Å². The van der Waals surface area contributed by atoms with Crippen molar-refractivity contribution in [2.75, 3.05) is 13.2 Å². The number of aromatic nitrogens is 2. The first kappa shape index (κ1) is 12.7. The smallest absolute Gasteiger partial charge is 0.261 e. The highest BCUT2D eigenvalue weighted by molar-refractivity contribution is 5.77. The molecule has 0 spiro atoms. The molecule has 0 saturated carbocycles. The molecule has 0 amide bonds. The number of ketones is 1. The normalized spacial score (nSPS) is 11.0. The number of alkyl halides is 2. The second-order valence-electron chi connectivity index (χ2n) is 3.20. The van der Waals surface area contributed by atoms with E-state index < -0.39 is 13.0 Å². The summed E-state index contributed by atoms with van der Waals surface area (Å²) in [5, 5.41) is 3.58. The summed E-state index contributed by atoms with van der Waals surface area (Å²) in [6.45, 7) is 0.914. The average Bonchev–Trinajstić information content (AvgIpc) is 2.59. The molecule has 0 saturated heterocycles. The lowest BCUT2D eigenvalue weighted by Gasteiger charge is -1.99. The van der Waals surface area contributed by atoms with E-state index in [1.165, 1.54) is 6.92 Å². The number of nitrogens with zero attached hydrogens (tertiary/aromatic N) is 2. The number of ether oxygens (including phenoxy) is 1. The highest BCUT2D eigenvalue weighted by Gasteiger charge is 2.08. The van der Waals surface area contributed by atoms with E-state index in [0.717, 1.165) is 0 Å². The van der Waals surface area contributed by atoms with Crippen molar-refractivity contribution >= 4 is 5.78 Å². The van der Waals surface area contributed by atoms with Gasteiger partial charge in [0, 0.05) is 6.42 Å². The first-order valence-electron chi connectivity index (χ1n) is 4.74. The molecule has 1 aromatic rings. The Hall–Kier alpha value is -1.37. The summed E-state index contributed by atoms with van der Waals surface area (Å²) >= 11 is 0. The topological polar surface area (TPSA) is 65.2 Å². The third kappa shape index (κ3) is 4.92. The molecule has 0 aliphatic heterocycles. The Morgan fingerprint density at radius 1 is 1.56 bits per heavy atom. The molecule has 0 aliphatic carbocycles. The molecular formula is C9H12F2N2O3. The van der Waals surface area contributed by atoms with Crippen molar-refractivity contribution in [1.82, 2.24) is 10.1 Å². The zero-order chi connectivity index (χ0) is 12.0. The van der Waals surface area contributed by atoms with Gasteiger partial charge in [0.05, 0.1) is 13.0 Å². The molecule has 0 atom stereocenters. The lowest BCUT2D eigenvalue weighted by atomic mass is 10.3. The molecule has 0 unspecified atom stereocenters. The predicted octanol–water partition coefficient (Wildman–Crippen LogP) is 1.03. The molecule has 0 N–H and O–H groups in total. The molecule has 1 rings (SSSR count). The first-order valence-corrected chi connectivity index (χ1v) is 4.74. The van der Waals surface area contributed by atoms with E-state index in [9.17, 15) is 13.6 Å². The van der Waals surface area contributed by atoms with Crippen molar-refractivity contribution in [1.29, 1.82) is 0 Å². The van der Waals surface area contributed by atoms with Gasteiger partial charge in [-0.15, -0.1) is 0 Å². The number of Topliss-reactive ketones (excluding diaryl/α,β-unsaturated/α-hetero) is 1. The van der Waals surface area contributed by atoms with E-state index in [1.807, 2.05) is 0 Å². The van der Waals surface area contributed by atoms with E-state index in [-0.39, 0.29) is 31.1 Å². The molecule has 0 aliphatic rings. The van der Waals surface area contributed by atoms with Crippen LogP contribution in [0.3, 0.4) is 0 Å². The summed E-state index contributed by atoms with van der Waals surface area (Å²) in [5.41, 5.74) is 0. The van der Waals surface area contributed by atoms with E-state index in [2.05, 4.69) is 14.9 Å². The molecule has 1 heterocycles. The van der Waals surface area contributed by atoms with Gasteiger partial charge in [0.2, 0.25) is 5.89 Å². The van der Waals surface area contributed by atoms with E-state index in [1.54, 1.807) is 0 Å². The van der Waals surface area contributed by atoms with Crippen molar-refractivity contribution in [2.24, 2.45) is 0 Å². The zero-order valence-electron chi connectivity index (χ0n) is 8.78. The highest BCUT2D eigenvalue weighted by atomic mass is 19.3. The fraction of sp³-hybridized carbons (Fsp3) is 0.667. The van der Waals surface area contributed by atoms with Gasteiger partial charge in [-0.3, -0.25) is 4.79 Å². The van der Waals surface area contributed by atoms with Crippen molar-refractivity contribution in [2.45, 2.75) is 26.2 Å². The van der Waals surface area contributed by atoms with Crippen LogP contribution in [-0.2, 0) is 22.4 Å². The summed E-state index contributed by atoms with van der Waals surface area (Å²) in [6.07, 6.45) is -2.10. The Morgan fingerprint density at radius 2 is 2.31 bits per heavy atom. The van der Waals surface area contributed by atoms with Crippen LogP contribution in [0.1, 0.15) is 18.6 Å². The van der Waals surface area contributed by atoms with Gasteiger partial charge in [-0.25, -0.2) is 8.78 Å². The molecule has 1 aromatic heterocycles. The molecule has 0 aromatic carbocycles. The molecule has 0 radical (unpaired) electrons.